The summed E-state index contributed by atoms with van der Waals surface area (Å²) in [6, 6.07) is 21.5. The molecular formula is C25H21IN2O4. The Bertz CT molecular complexity index is 1250. The van der Waals surface area contributed by atoms with Crippen LogP contribution in [0.2, 0.25) is 0 Å². The highest BCUT2D eigenvalue weighted by molar-refractivity contribution is 14.1. The number of hydrazone groups is 1. The minimum Gasteiger partial charge on any atom is -0.490 e. The van der Waals surface area contributed by atoms with Crippen LogP contribution in [0.4, 0.5) is 0 Å². The first kappa shape index (κ1) is 21.9. The molecule has 0 aliphatic carbocycles. The maximum absolute atomic E-state index is 11.9. The highest BCUT2D eigenvalue weighted by atomic mass is 127. The number of fused-ring (bicyclic) bond motifs is 1. The highest BCUT2D eigenvalue weighted by Crippen LogP contribution is 2.34. The van der Waals surface area contributed by atoms with Crippen molar-refractivity contribution in [3.63, 3.8) is 0 Å². The molecule has 4 aromatic rings. The molecule has 1 amide bonds. The number of rotatable bonds is 8. The number of hydrogen-bond donors (Lipinski definition) is 1. The quantitative estimate of drug-likeness (QED) is 0.175. The summed E-state index contributed by atoms with van der Waals surface area (Å²) in [5.74, 6) is 1.09. The molecule has 0 fully saturated rings. The largest absolute Gasteiger partial charge is 0.490 e. The van der Waals surface area contributed by atoms with Crippen molar-refractivity contribution in [2.45, 2.75) is 13.5 Å². The molecule has 0 aliphatic rings. The van der Waals surface area contributed by atoms with Crippen molar-refractivity contribution in [1.29, 1.82) is 0 Å². The molecule has 0 aliphatic heterocycles. The second kappa shape index (κ2) is 10.3. The van der Waals surface area contributed by atoms with E-state index in [0.717, 1.165) is 14.7 Å². The molecule has 0 saturated carbocycles. The van der Waals surface area contributed by atoms with Crippen LogP contribution >= 0.6 is 22.6 Å². The number of nitrogens with one attached hydrogen (secondary N) is 1. The summed E-state index contributed by atoms with van der Waals surface area (Å²) in [5, 5.41) is 6.38. The summed E-state index contributed by atoms with van der Waals surface area (Å²) in [6.07, 6.45) is 2.99. The van der Waals surface area contributed by atoms with Crippen LogP contribution in [-0.4, -0.2) is 18.7 Å². The zero-order valence-electron chi connectivity index (χ0n) is 17.4. The Morgan fingerprint density at radius 3 is 2.69 bits per heavy atom. The first-order valence-electron chi connectivity index (χ1n) is 10.1. The van der Waals surface area contributed by atoms with E-state index in [0.29, 0.717) is 24.7 Å². The molecule has 0 spiro atoms. The minimum atomic E-state index is -0.415. The molecule has 3 aromatic carbocycles. The maximum atomic E-state index is 11.9. The van der Waals surface area contributed by atoms with Crippen LogP contribution in [-0.2, 0) is 6.61 Å². The summed E-state index contributed by atoms with van der Waals surface area (Å²) in [6.45, 7) is 2.84. The molecule has 0 unspecified atom stereocenters. The Morgan fingerprint density at radius 2 is 1.91 bits per heavy atom. The fourth-order valence-corrected chi connectivity index (χ4v) is 3.96. The van der Waals surface area contributed by atoms with Gasteiger partial charge in [0.05, 0.1) is 22.7 Å². The predicted molar refractivity (Wildman–Crippen MR) is 132 cm³/mol. The lowest BCUT2D eigenvalue weighted by Gasteiger charge is -2.15. The molecule has 0 bridgehead atoms. The van der Waals surface area contributed by atoms with Gasteiger partial charge in [0, 0.05) is 0 Å². The Hall–Kier alpha value is -3.33. The zero-order valence-corrected chi connectivity index (χ0v) is 19.5. The summed E-state index contributed by atoms with van der Waals surface area (Å²) >= 11 is 2.21. The summed E-state index contributed by atoms with van der Waals surface area (Å²) < 4.78 is 17.9. The van der Waals surface area contributed by atoms with Crippen LogP contribution < -0.4 is 14.9 Å². The third-order valence-corrected chi connectivity index (χ3v) is 5.45. The molecule has 1 N–H and O–H groups in total. The van der Waals surface area contributed by atoms with Crippen molar-refractivity contribution < 1.29 is 18.7 Å². The van der Waals surface area contributed by atoms with E-state index in [1.165, 1.54) is 17.0 Å². The van der Waals surface area contributed by atoms with Gasteiger partial charge in [-0.15, -0.1) is 0 Å². The zero-order chi connectivity index (χ0) is 22.3. The molecule has 1 heterocycles. The topological polar surface area (TPSA) is 73.1 Å². The van der Waals surface area contributed by atoms with Gasteiger partial charge in [-0.05, 0) is 81.7 Å². The molecule has 0 radical (unpaired) electrons. The lowest BCUT2D eigenvalue weighted by atomic mass is 10.1. The van der Waals surface area contributed by atoms with Gasteiger partial charge in [-0.2, -0.15) is 5.10 Å². The van der Waals surface area contributed by atoms with Gasteiger partial charge in [-0.1, -0.05) is 36.4 Å². The van der Waals surface area contributed by atoms with Crippen LogP contribution in [0.3, 0.4) is 0 Å². The van der Waals surface area contributed by atoms with E-state index in [4.69, 9.17) is 13.9 Å². The van der Waals surface area contributed by atoms with E-state index in [2.05, 4.69) is 63.4 Å². The molecule has 0 atom stereocenters. The number of carbonyl (C=O) groups excluding carboxylic acids is 1. The highest BCUT2D eigenvalue weighted by Gasteiger charge is 2.13. The Kier molecular flexibility index (Phi) is 7.06. The SMILES string of the molecule is CCOc1cc(/C=N\NC(=O)c2ccco2)cc(I)c1OCc1ccc2ccccc2c1. The average molecular weight is 540 g/mol. The average Bonchev–Trinajstić information content (AvgIpc) is 3.34. The Labute approximate surface area is 199 Å². The van der Waals surface area contributed by atoms with Gasteiger partial charge in [-0.25, -0.2) is 5.43 Å². The van der Waals surface area contributed by atoms with Crippen LogP contribution in [0, 0.1) is 3.57 Å². The summed E-state index contributed by atoms with van der Waals surface area (Å²) in [5.41, 5.74) is 4.29. The van der Waals surface area contributed by atoms with Crippen molar-refractivity contribution in [2.24, 2.45) is 5.10 Å². The van der Waals surface area contributed by atoms with Gasteiger partial charge in [0.15, 0.2) is 17.3 Å². The van der Waals surface area contributed by atoms with Crippen LogP contribution in [0.5, 0.6) is 11.5 Å². The number of benzene rings is 3. The van der Waals surface area contributed by atoms with E-state index in [9.17, 15) is 4.79 Å². The summed E-state index contributed by atoms with van der Waals surface area (Å²) in [7, 11) is 0. The predicted octanol–water partition coefficient (Wildman–Crippen LogP) is 5.78. The lowest BCUT2D eigenvalue weighted by Crippen LogP contribution is -2.16. The van der Waals surface area contributed by atoms with Gasteiger partial charge in [-0.3, -0.25) is 4.79 Å². The number of nitrogens with zero attached hydrogens (tertiary/aromatic N) is 1. The number of carbonyl (C=O) groups is 1. The van der Waals surface area contributed by atoms with Crippen LogP contribution in [0.25, 0.3) is 10.8 Å². The molecule has 1 aromatic heterocycles. The fraction of sp³-hybridized carbons (Fsp3) is 0.120. The van der Waals surface area contributed by atoms with E-state index in [1.807, 2.05) is 31.2 Å². The molecule has 6 nitrogen and oxygen atoms in total. The van der Waals surface area contributed by atoms with Crippen molar-refractivity contribution in [2.75, 3.05) is 6.61 Å². The molecule has 7 heteroatoms. The number of hydrogen-bond acceptors (Lipinski definition) is 5. The first-order valence-corrected chi connectivity index (χ1v) is 11.2. The second-order valence-corrected chi connectivity index (χ2v) is 8.07. The number of halogens is 1. The van der Waals surface area contributed by atoms with Gasteiger partial charge >= 0.3 is 5.91 Å². The normalized spacial score (nSPS) is 11.1. The standard InChI is InChI=1S/C25H21IN2O4/c1-2-30-23-14-18(15-27-28-25(29)22-8-5-11-31-22)13-21(26)24(23)32-16-17-9-10-19-6-3-4-7-20(19)12-17/h3-15H,2,16H2,1H3,(H,28,29)/b27-15-. The molecule has 0 saturated heterocycles. The van der Waals surface area contributed by atoms with Crippen molar-refractivity contribution in [3.05, 3.63) is 93.5 Å². The number of furan rings is 1. The van der Waals surface area contributed by atoms with E-state index in [1.54, 1.807) is 18.3 Å². The molecule has 4 rings (SSSR count). The van der Waals surface area contributed by atoms with Gasteiger partial charge < -0.3 is 13.9 Å². The van der Waals surface area contributed by atoms with Crippen molar-refractivity contribution >= 4 is 45.5 Å². The third kappa shape index (κ3) is 5.28. The number of amides is 1. The Balaban J connectivity index is 1.49. The number of ether oxygens (including phenoxy) is 2. The van der Waals surface area contributed by atoms with Crippen LogP contribution in [0.1, 0.15) is 28.6 Å². The smallest absolute Gasteiger partial charge is 0.307 e. The molecule has 32 heavy (non-hydrogen) atoms. The monoisotopic (exact) mass is 540 g/mol. The van der Waals surface area contributed by atoms with E-state index < -0.39 is 5.91 Å². The van der Waals surface area contributed by atoms with Gasteiger partial charge in [0.2, 0.25) is 0 Å². The van der Waals surface area contributed by atoms with E-state index >= 15 is 0 Å². The fourth-order valence-electron chi connectivity index (χ4n) is 3.18. The van der Waals surface area contributed by atoms with Crippen LogP contribution in [0.15, 0.2) is 82.5 Å². The third-order valence-electron chi connectivity index (χ3n) is 4.65. The van der Waals surface area contributed by atoms with E-state index in [-0.39, 0.29) is 5.76 Å². The second-order valence-electron chi connectivity index (χ2n) is 6.91. The maximum Gasteiger partial charge on any atom is 0.307 e. The first-order chi connectivity index (χ1) is 15.6. The molecular weight excluding hydrogens is 519 g/mol. The lowest BCUT2D eigenvalue weighted by molar-refractivity contribution is 0.0927. The van der Waals surface area contributed by atoms with Gasteiger partial charge in [0.25, 0.3) is 0 Å². The van der Waals surface area contributed by atoms with Crippen molar-refractivity contribution in [3.8, 4) is 11.5 Å². The molecule has 162 valence electrons. The summed E-state index contributed by atoms with van der Waals surface area (Å²) in [4.78, 5) is 11.9. The van der Waals surface area contributed by atoms with Gasteiger partial charge in [0.1, 0.15) is 6.61 Å². The van der Waals surface area contributed by atoms with Crippen molar-refractivity contribution in [1.82, 2.24) is 5.43 Å². The minimum absolute atomic E-state index is 0.198. The Morgan fingerprint density at radius 1 is 1.06 bits per heavy atom.